The topological polar surface area (TPSA) is 40.5 Å². The molecule has 3 nitrogen and oxygen atoms in total. The molecule has 0 spiro atoms. The first-order chi connectivity index (χ1) is 8.08. The smallest absolute Gasteiger partial charge is 0.307 e. The lowest BCUT2D eigenvalue weighted by molar-refractivity contribution is -0.141. The second-order valence-corrected chi connectivity index (χ2v) is 5.46. The molecule has 0 radical (unpaired) electrons. The van der Waals surface area contributed by atoms with Crippen molar-refractivity contribution in [2.45, 2.75) is 19.4 Å². The number of carbonyl (C=O) groups is 1. The van der Waals surface area contributed by atoms with Gasteiger partial charge in [-0.2, -0.15) is 0 Å². The zero-order chi connectivity index (χ0) is 12.4. The van der Waals surface area contributed by atoms with Crippen molar-refractivity contribution in [2.24, 2.45) is 5.92 Å². The maximum atomic E-state index is 10.9. The first kappa shape index (κ1) is 12.6. The van der Waals surface area contributed by atoms with Crippen LogP contribution >= 0.6 is 15.9 Å². The molecular formula is C13H16BrNO2. The van der Waals surface area contributed by atoms with Crippen LogP contribution in [0.5, 0.6) is 0 Å². The molecule has 2 atom stereocenters. The number of nitrogens with zero attached hydrogens (tertiary/aromatic N) is 1. The van der Waals surface area contributed by atoms with Gasteiger partial charge >= 0.3 is 5.97 Å². The summed E-state index contributed by atoms with van der Waals surface area (Å²) in [6, 6.07) is 8.51. The normalized spacial score (nSPS) is 22.6. The standard InChI is InChI=1S/C13H16BrNO2/c1-9(10-2-4-12(14)5-3-10)15-7-6-11(8-15)13(16)17/h2-5,9,11H,6-8H2,1H3,(H,16,17)/t9-,11+/m1/s1. The van der Waals surface area contributed by atoms with Crippen LogP contribution in [0.1, 0.15) is 24.9 Å². The molecule has 17 heavy (non-hydrogen) atoms. The summed E-state index contributed by atoms with van der Waals surface area (Å²) in [7, 11) is 0. The van der Waals surface area contributed by atoms with Gasteiger partial charge in [-0.05, 0) is 37.6 Å². The van der Waals surface area contributed by atoms with Crippen LogP contribution in [0.15, 0.2) is 28.7 Å². The molecular weight excluding hydrogens is 282 g/mol. The predicted octanol–water partition coefficient (Wildman–Crippen LogP) is 2.92. The first-order valence-electron chi connectivity index (χ1n) is 5.80. The maximum absolute atomic E-state index is 10.9. The number of hydrogen-bond acceptors (Lipinski definition) is 2. The Morgan fingerprint density at radius 2 is 2.12 bits per heavy atom. The molecule has 2 rings (SSSR count). The number of aliphatic carboxylic acids is 1. The fourth-order valence-corrected chi connectivity index (χ4v) is 2.56. The van der Waals surface area contributed by atoms with Crippen molar-refractivity contribution in [3.8, 4) is 0 Å². The van der Waals surface area contributed by atoms with Gasteiger partial charge in [-0.3, -0.25) is 9.69 Å². The summed E-state index contributed by atoms with van der Waals surface area (Å²) in [6.45, 7) is 3.66. The Balaban J connectivity index is 2.04. The van der Waals surface area contributed by atoms with Gasteiger partial charge in [0.05, 0.1) is 5.92 Å². The van der Waals surface area contributed by atoms with Crippen LogP contribution in [0.25, 0.3) is 0 Å². The Morgan fingerprint density at radius 3 is 2.65 bits per heavy atom. The molecule has 92 valence electrons. The van der Waals surface area contributed by atoms with Gasteiger partial charge in [-0.1, -0.05) is 28.1 Å². The lowest BCUT2D eigenvalue weighted by atomic mass is 10.1. The van der Waals surface area contributed by atoms with E-state index in [1.165, 1.54) is 5.56 Å². The Morgan fingerprint density at radius 1 is 1.47 bits per heavy atom. The summed E-state index contributed by atoms with van der Waals surface area (Å²) in [6.07, 6.45) is 0.760. The number of carboxylic acids is 1. The molecule has 1 saturated heterocycles. The lowest BCUT2D eigenvalue weighted by Gasteiger charge is -2.24. The molecule has 1 aromatic carbocycles. The van der Waals surface area contributed by atoms with Crippen LogP contribution in [0.2, 0.25) is 0 Å². The van der Waals surface area contributed by atoms with E-state index in [0.717, 1.165) is 17.4 Å². The van der Waals surface area contributed by atoms with E-state index in [1.807, 2.05) is 12.1 Å². The zero-order valence-corrected chi connectivity index (χ0v) is 11.4. The molecule has 0 aliphatic carbocycles. The molecule has 0 bridgehead atoms. The number of benzene rings is 1. The van der Waals surface area contributed by atoms with Crippen molar-refractivity contribution in [3.63, 3.8) is 0 Å². The molecule has 0 amide bonds. The molecule has 1 fully saturated rings. The highest BCUT2D eigenvalue weighted by Crippen LogP contribution is 2.28. The van der Waals surface area contributed by atoms with Gasteiger partial charge in [0.25, 0.3) is 0 Å². The van der Waals surface area contributed by atoms with Crippen LogP contribution in [0.3, 0.4) is 0 Å². The Kier molecular flexibility index (Phi) is 3.84. The average molecular weight is 298 g/mol. The van der Waals surface area contributed by atoms with Gasteiger partial charge in [0, 0.05) is 17.1 Å². The molecule has 1 aliphatic heterocycles. The molecule has 0 aromatic heterocycles. The second-order valence-electron chi connectivity index (χ2n) is 4.55. The molecule has 1 aliphatic rings. The third-order valence-electron chi connectivity index (χ3n) is 3.47. The summed E-state index contributed by atoms with van der Waals surface area (Å²) in [5.74, 6) is -0.872. The number of carboxylic acid groups (broad SMARTS) is 1. The van der Waals surface area contributed by atoms with E-state index in [1.54, 1.807) is 0 Å². The number of rotatable bonds is 3. The minimum Gasteiger partial charge on any atom is -0.481 e. The van der Waals surface area contributed by atoms with Crippen LogP contribution in [-0.2, 0) is 4.79 Å². The van der Waals surface area contributed by atoms with Crippen molar-refractivity contribution >= 4 is 21.9 Å². The zero-order valence-electron chi connectivity index (χ0n) is 9.77. The Bertz CT molecular complexity index is 404. The van der Waals surface area contributed by atoms with E-state index in [0.29, 0.717) is 6.54 Å². The SMILES string of the molecule is C[C@H](c1ccc(Br)cc1)N1CC[C@H](C(=O)O)C1. The van der Waals surface area contributed by atoms with Crippen molar-refractivity contribution in [1.82, 2.24) is 4.90 Å². The summed E-state index contributed by atoms with van der Waals surface area (Å²) in [5, 5.41) is 8.99. The molecule has 4 heteroatoms. The van der Waals surface area contributed by atoms with E-state index >= 15 is 0 Å². The highest BCUT2D eigenvalue weighted by atomic mass is 79.9. The minimum atomic E-state index is -0.671. The molecule has 1 heterocycles. The third-order valence-corrected chi connectivity index (χ3v) is 4.00. The van der Waals surface area contributed by atoms with Crippen molar-refractivity contribution < 1.29 is 9.90 Å². The van der Waals surface area contributed by atoms with Gasteiger partial charge in [0.2, 0.25) is 0 Å². The van der Waals surface area contributed by atoms with Gasteiger partial charge in [0.1, 0.15) is 0 Å². The second kappa shape index (κ2) is 5.19. The fraction of sp³-hybridized carbons (Fsp3) is 0.462. The summed E-state index contributed by atoms with van der Waals surface area (Å²) in [4.78, 5) is 13.2. The van der Waals surface area contributed by atoms with E-state index in [2.05, 4.69) is 39.9 Å². The van der Waals surface area contributed by atoms with Crippen molar-refractivity contribution in [3.05, 3.63) is 34.3 Å². The van der Waals surface area contributed by atoms with E-state index < -0.39 is 5.97 Å². The first-order valence-corrected chi connectivity index (χ1v) is 6.59. The van der Waals surface area contributed by atoms with Crippen molar-refractivity contribution in [1.29, 1.82) is 0 Å². The quantitative estimate of drug-likeness (QED) is 0.932. The van der Waals surface area contributed by atoms with Crippen molar-refractivity contribution in [2.75, 3.05) is 13.1 Å². The lowest BCUT2D eigenvalue weighted by Crippen LogP contribution is -2.26. The largest absolute Gasteiger partial charge is 0.481 e. The highest BCUT2D eigenvalue weighted by molar-refractivity contribution is 9.10. The summed E-state index contributed by atoms with van der Waals surface area (Å²) < 4.78 is 1.07. The minimum absolute atomic E-state index is 0.201. The molecule has 0 unspecified atom stereocenters. The van der Waals surface area contributed by atoms with E-state index in [9.17, 15) is 4.79 Å². The van der Waals surface area contributed by atoms with Crippen LogP contribution < -0.4 is 0 Å². The van der Waals surface area contributed by atoms with Crippen LogP contribution in [0, 0.1) is 5.92 Å². The molecule has 1 aromatic rings. The van der Waals surface area contributed by atoms with Gasteiger partial charge < -0.3 is 5.11 Å². The Hall–Kier alpha value is -0.870. The number of hydrogen-bond donors (Lipinski definition) is 1. The summed E-state index contributed by atoms with van der Waals surface area (Å²) in [5.41, 5.74) is 1.24. The van der Waals surface area contributed by atoms with Gasteiger partial charge in [-0.15, -0.1) is 0 Å². The molecule has 1 N–H and O–H groups in total. The number of halogens is 1. The fourth-order valence-electron chi connectivity index (χ4n) is 2.29. The average Bonchev–Trinajstić information content (AvgIpc) is 2.78. The maximum Gasteiger partial charge on any atom is 0.307 e. The van der Waals surface area contributed by atoms with Crippen LogP contribution in [-0.4, -0.2) is 29.1 Å². The van der Waals surface area contributed by atoms with Crippen LogP contribution in [0.4, 0.5) is 0 Å². The summed E-state index contributed by atoms with van der Waals surface area (Å²) >= 11 is 3.42. The monoisotopic (exact) mass is 297 g/mol. The van der Waals surface area contributed by atoms with Gasteiger partial charge in [0.15, 0.2) is 0 Å². The predicted molar refractivity (Wildman–Crippen MR) is 69.9 cm³/mol. The Labute approximate surface area is 110 Å². The number of likely N-dealkylation sites (tertiary alicyclic amines) is 1. The molecule has 0 saturated carbocycles. The highest BCUT2D eigenvalue weighted by Gasteiger charge is 2.30. The van der Waals surface area contributed by atoms with E-state index in [4.69, 9.17) is 5.11 Å². The van der Waals surface area contributed by atoms with E-state index in [-0.39, 0.29) is 12.0 Å². The third kappa shape index (κ3) is 2.87. The van der Waals surface area contributed by atoms with Gasteiger partial charge in [-0.25, -0.2) is 0 Å².